The maximum atomic E-state index is 8.52. The first kappa shape index (κ1) is 10.9. The van der Waals surface area contributed by atoms with E-state index < -0.39 is 0 Å². The minimum Gasteiger partial charge on any atom is -0.396 e. The van der Waals surface area contributed by atoms with Gasteiger partial charge in [0.1, 0.15) is 0 Å². The quantitative estimate of drug-likeness (QED) is 0.569. The molecular weight excluding hydrogens is 138 g/mol. The number of nitrogens with zero attached hydrogens (tertiary/aromatic N) is 1. The smallest absolute Gasteiger partial charge is 0.0431 e. The van der Waals surface area contributed by atoms with Gasteiger partial charge in [0.05, 0.1) is 0 Å². The van der Waals surface area contributed by atoms with Gasteiger partial charge in [0.25, 0.3) is 0 Å². The Balaban J connectivity index is 2.97. The fraction of sp³-hybridized carbons (Fsp3) is 1.00. The van der Waals surface area contributed by atoms with Crippen LogP contribution in [0.1, 0.15) is 32.6 Å². The monoisotopic (exact) mass is 159 g/mol. The summed E-state index contributed by atoms with van der Waals surface area (Å²) in [5, 5.41) is 8.52. The van der Waals surface area contributed by atoms with Crippen molar-refractivity contribution in [3.63, 3.8) is 0 Å². The highest BCUT2D eigenvalue weighted by Gasteiger charge is 1.94. The Morgan fingerprint density at radius 2 is 1.82 bits per heavy atom. The number of rotatable bonds is 7. The molecule has 0 rings (SSSR count). The van der Waals surface area contributed by atoms with Gasteiger partial charge in [-0.25, -0.2) is 0 Å². The van der Waals surface area contributed by atoms with Crippen LogP contribution >= 0.6 is 0 Å². The van der Waals surface area contributed by atoms with Crippen LogP contribution < -0.4 is 0 Å². The Labute approximate surface area is 70.2 Å². The van der Waals surface area contributed by atoms with Crippen LogP contribution in [-0.2, 0) is 0 Å². The lowest BCUT2D eigenvalue weighted by molar-refractivity contribution is 0.273. The summed E-state index contributed by atoms with van der Waals surface area (Å²) in [5.41, 5.74) is 0. The molecule has 0 atom stereocenters. The van der Waals surface area contributed by atoms with Crippen molar-refractivity contribution in [2.24, 2.45) is 0 Å². The molecule has 0 bridgehead atoms. The molecule has 0 aromatic rings. The largest absolute Gasteiger partial charge is 0.396 e. The topological polar surface area (TPSA) is 23.5 Å². The van der Waals surface area contributed by atoms with Crippen LogP contribution in [-0.4, -0.2) is 36.8 Å². The van der Waals surface area contributed by atoms with Crippen molar-refractivity contribution >= 4 is 0 Å². The van der Waals surface area contributed by atoms with Crippen LogP contribution in [0.25, 0.3) is 0 Å². The van der Waals surface area contributed by atoms with Gasteiger partial charge in [-0.05, 0) is 45.8 Å². The van der Waals surface area contributed by atoms with Crippen LogP contribution in [0.5, 0.6) is 0 Å². The second-order valence-corrected chi connectivity index (χ2v) is 3.09. The maximum Gasteiger partial charge on any atom is 0.0431 e. The van der Waals surface area contributed by atoms with Gasteiger partial charge in [-0.2, -0.15) is 0 Å². The van der Waals surface area contributed by atoms with Gasteiger partial charge < -0.3 is 10.0 Å². The summed E-state index contributed by atoms with van der Waals surface area (Å²) in [7, 11) is 2.16. The summed E-state index contributed by atoms with van der Waals surface area (Å²) >= 11 is 0. The minimum absolute atomic E-state index is 0.345. The molecule has 0 aromatic heterocycles. The van der Waals surface area contributed by atoms with Gasteiger partial charge in [-0.15, -0.1) is 0 Å². The van der Waals surface area contributed by atoms with Gasteiger partial charge in [0.2, 0.25) is 0 Å². The number of hydrogen-bond acceptors (Lipinski definition) is 2. The molecule has 0 aliphatic heterocycles. The SMILES string of the molecule is CCCN(C)CCCCCO. The van der Waals surface area contributed by atoms with Gasteiger partial charge in [0, 0.05) is 6.61 Å². The number of unbranched alkanes of at least 4 members (excludes halogenated alkanes) is 2. The van der Waals surface area contributed by atoms with Crippen molar-refractivity contribution < 1.29 is 5.11 Å². The van der Waals surface area contributed by atoms with Crippen LogP contribution in [0.4, 0.5) is 0 Å². The fourth-order valence-corrected chi connectivity index (χ4v) is 1.16. The van der Waals surface area contributed by atoms with Crippen LogP contribution in [0, 0.1) is 0 Å². The third kappa shape index (κ3) is 7.82. The summed E-state index contributed by atoms with van der Waals surface area (Å²) in [6, 6.07) is 0. The second kappa shape index (κ2) is 8.02. The molecule has 0 saturated carbocycles. The van der Waals surface area contributed by atoms with Crippen molar-refractivity contribution in [2.45, 2.75) is 32.6 Å². The number of hydrogen-bond donors (Lipinski definition) is 1. The van der Waals surface area contributed by atoms with E-state index >= 15 is 0 Å². The van der Waals surface area contributed by atoms with Crippen molar-refractivity contribution in [3.8, 4) is 0 Å². The molecule has 11 heavy (non-hydrogen) atoms. The molecule has 0 amide bonds. The van der Waals surface area contributed by atoms with E-state index in [0.29, 0.717) is 6.61 Å². The first-order valence-electron chi connectivity index (χ1n) is 4.60. The molecule has 2 nitrogen and oxygen atoms in total. The summed E-state index contributed by atoms with van der Waals surface area (Å²) in [4.78, 5) is 2.34. The zero-order valence-electron chi connectivity index (χ0n) is 7.84. The predicted octanol–water partition coefficient (Wildman–Crippen LogP) is 1.49. The molecule has 0 radical (unpaired) electrons. The Kier molecular flexibility index (Phi) is 7.96. The Morgan fingerprint density at radius 1 is 1.09 bits per heavy atom. The van der Waals surface area contributed by atoms with Crippen molar-refractivity contribution in [2.75, 3.05) is 26.7 Å². The third-order valence-electron chi connectivity index (χ3n) is 1.80. The molecule has 68 valence electrons. The first-order chi connectivity index (χ1) is 5.31. The second-order valence-electron chi connectivity index (χ2n) is 3.09. The lowest BCUT2D eigenvalue weighted by Gasteiger charge is -2.14. The highest BCUT2D eigenvalue weighted by Crippen LogP contribution is 1.96. The van der Waals surface area contributed by atoms with E-state index in [2.05, 4.69) is 18.9 Å². The summed E-state index contributed by atoms with van der Waals surface area (Å²) in [6.45, 7) is 4.91. The van der Waals surface area contributed by atoms with E-state index in [1.54, 1.807) is 0 Å². The van der Waals surface area contributed by atoms with Crippen molar-refractivity contribution in [1.29, 1.82) is 0 Å². The standard InChI is InChI=1S/C9H21NO/c1-3-7-10(2)8-5-4-6-9-11/h11H,3-9H2,1-2H3. The molecule has 0 unspecified atom stereocenters. The first-order valence-corrected chi connectivity index (χ1v) is 4.60. The average molecular weight is 159 g/mol. The number of aliphatic hydroxyl groups is 1. The highest BCUT2D eigenvalue weighted by atomic mass is 16.2. The van der Waals surface area contributed by atoms with Gasteiger partial charge >= 0.3 is 0 Å². The molecule has 0 aromatic carbocycles. The van der Waals surface area contributed by atoms with Crippen LogP contribution in [0.2, 0.25) is 0 Å². The Hall–Kier alpha value is -0.0800. The molecule has 0 aliphatic rings. The highest BCUT2D eigenvalue weighted by molar-refractivity contribution is 4.50. The van der Waals surface area contributed by atoms with Crippen molar-refractivity contribution in [3.05, 3.63) is 0 Å². The van der Waals surface area contributed by atoms with E-state index in [-0.39, 0.29) is 0 Å². The van der Waals surface area contributed by atoms with E-state index in [9.17, 15) is 0 Å². The Morgan fingerprint density at radius 3 is 2.36 bits per heavy atom. The fourth-order valence-electron chi connectivity index (χ4n) is 1.16. The minimum atomic E-state index is 0.345. The van der Waals surface area contributed by atoms with E-state index in [1.807, 2.05) is 0 Å². The predicted molar refractivity (Wildman–Crippen MR) is 48.7 cm³/mol. The van der Waals surface area contributed by atoms with Gasteiger partial charge in [0.15, 0.2) is 0 Å². The molecule has 0 heterocycles. The Bertz CT molecular complexity index is 76.0. The average Bonchev–Trinajstić information content (AvgIpc) is 1.99. The molecule has 0 aliphatic carbocycles. The molecule has 1 N–H and O–H groups in total. The number of aliphatic hydroxyl groups excluding tert-OH is 1. The third-order valence-corrected chi connectivity index (χ3v) is 1.80. The van der Waals surface area contributed by atoms with Gasteiger partial charge in [-0.3, -0.25) is 0 Å². The van der Waals surface area contributed by atoms with Crippen LogP contribution in [0.15, 0.2) is 0 Å². The molecule has 0 fully saturated rings. The van der Waals surface area contributed by atoms with Gasteiger partial charge in [-0.1, -0.05) is 6.92 Å². The normalized spacial score (nSPS) is 10.9. The van der Waals surface area contributed by atoms with Crippen molar-refractivity contribution in [1.82, 2.24) is 4.90 Å². The molecule has 0 spiro atoms. The maximum absolute atomic E-state index is 8.52. The summed E-state index contributed by atoms with van der Waals surface area (Å²) in [6.07, 6.45) is 4.57. The molecule has 0 saturated heterocycles. The van der Waals surface area contributed by atoms with Crippen LogP contribution in [0.3, 0.4) is 0 Å². The van der Waals surface area contributed by atoms with E-state index in [4.69, 9.17) is 5.11 Å². The summed E-state index contributed by atoms with van der Waals surface area (Å²) < 4.78 is 0. The zero-order valence-corrected chi connectivity index (χ0v) is 7.84. The van der Waals surface area contributed by atoms with E-state index in [0.717, 1.165) is 12.8 Å². The summed E-state index contributed by atoms with van der Waals surface area (Å²) in [5.74, 6) is 0. The zero-order chi connectivity index (χ0) is 8.53. The van der Waals surface area contributed by atoms with E-state index in [1.165, 1.54) is 25.9 Å². The molecule has 2 heteroatoms. The molecular formula is C9H21NO. The lowest BCUT2D eigenvalue weighted by atomic mass is 10.2. The lowest BCUT2D eigenvalue weighted by Crippen LogP contribution is -2.20.